The third kappa shape index (κ3) is 5.21. The van der Waals surface area contributed by atoms with Crippen molar-refractivity contribution in [3.05, 3.63) is 41.1 Å². The average molecular weight is 455 g/mol. The van der Waals surface area contributed by atoms with Gasteiger partial charge in [-0.2, -0.15) is 5.10 Å². The summed E-state index contributed by atoms with van der Waals surface area (Å²) in [5.41, 5.74) is 3.64. The van der Waals surface area contributed by atoms with Gasteiger partial charge < -0.3 is 15.0 Å². The number of anilines is 1. The van der Waals surface area contributed by atoms with Crippen LogP contribution in [0.4, 0.5) is 5.82 Å². The minimum Gasteiger partial charge on any atom is -0.378 e. The number of aromatic nitrogens is 4. The molecule has 3 aromatic rings. The number of ether oxygens (including phenoxy) is 1. The molecule has 0 unspecified atom stereocenters. The number of nitrogens with zero attached hydrogens (tertiary/aromatic N) is 5. The number of morpholine rings is 1. The van der Waals surface area contributed by atoms with Crippen molar-refractivity contribution in [1.82, 2.24) is 25.1 Å². The molecule has 1 N–H and O–H groups in total. The van der Waals surface area contributed by atoms with Crippen molar-refractivity contribution in [2.45, 2.75) is 44.6 Å². The summed E-state index contributed by atoms with van der Waals surface area (Å²) < 4.78 is 7.36. The molecule has 9 heteroatoms. The van der Waals surface area contributed by atoms with Crippen molar-refractivity contribution in [3.63, 3.8) is 0 Å². The van der Waals surface area contributed by atoms with Gasteiger partial charge in [0.1, 0.15) is 5.82 Å². The maximum absolute atomic E-state index is 12.6. The Kier molecular flexibility index (Phi) is 6.95. The van der Waals surface area contributed by atoms with Gasteiger partial charge in [-0.15, -0.1) is 0 Å². The van der Waals surface area contributed by atoms with Crippen LogP contribution in [0.3, 0.4) is 0 Å². The SMILES string of the molecule is Cc1cc(C)cc(C(=O)NCCn2ncc3c(N4CCOCC4)nc(SC(C)C)nc32)c1. The van der Waals surface area contributed by atoms with Gasteiger partial charge in [0.2, 0.25) is 0 Å². The summed E-state index contributed by atoms with van der Waals surface area (Å²) in [7, 11) is 0. The molecule has 3 heterocycles. The molecule has 0 atom stereocenters. The number of carbonyl (C=O) groups is 1. The fourth-order valence-electron chi connectivity index (χ4n) is 3.85. The first-order chi connectivity index (χ1) is 15.4. The molecule has 1 saturated heterocycles. The molecule has 1 amide bonds. The number of fused-ring (bicyclic) bond motifs is 1. The fraction of sp³-hybridized carbons (Fsp3) is 0.478. The van der Waals surface area contributed by atoms with E-state index >= 15 is 0 Å². The van der Waals surface area contributed by atoms with Crippen LogP contribution in [-0.4, -0.2) is 63.8 Å². The summed E-state index contributed by atoms with van der Waals surface area (Å²) >= 11 is 1.64. The van der Waals surface area contributed by atoms with Crippen LogP contribution >= 0.6 is 11.8 Å². The Bertz CT molecular complexity index is 1090. The van der Waals surface area contributed by atoms with E-state index in [1.54, 1.807) is 11.8 Å². The summed E-state index contributed by atoms with van der Waals surface area (Å²) in [4.78, 5) is 24.5. The summed E-state index contributed by atoms with van der Waals surface area (Å²) in [5, 5.41) is 9.62. The number of hydrogen-bond acceptors (Lipinski definition) is 7. The number of hydrogen-bond donors (Lipinski definition) is 1. The number of benzene rings is 1. The largest absolute Gasteiger partial charge is 0.378 e. The third-order valence-corrected chi connectivity index (χ3v) is 6.07. The molecule has 1 aromatic carbocycles. The maximum atomic E-state index is 12.6. The van der Waals surface area contributed by atoms with Crippen molar-refractivity contribution < 1.29 is 9.53 Å². The average Bonchev–Trinajstić information content (AvgIpc) is 3.15. The number of carbonyl (C=O) groups excluding carboxylic acids is 1. The molecular formula is C23H30N6O2S. The smallest absolute Gasteiger partial charge is 0.251 e. The van der Waals surface area contributed by atoms with Gasteiger partial charge in [-0.05, 0) is 26.0 Å². The highest BCUT2D eigenvalue weighted by molar-refractivity contribution is 7.99. The van der Waals surface area contributed by atoms with Gasteiger partial charge in [0, 0.05) is 30.4 Å². The lowest BCUT2D eigenvalue weighted by atomic mass is 10.1. The van der Waals surface area contributed by atoms with Gasteiger partial charge in [0.15, 0.2) is 10.8 Å². The van der Waals surface area contributed by atoms with Gasteiger partial charge in [0.25, 0.3) is 5.91 Å². The van der Waals surface area contributed by atoms with Crippen molar-refractivity contribution >= 4 is 34.5 Å². The second-order valence-corrected chi connectivity index (χ2v) is 9.88. The molecule has 0 bridgehead atoms. The monoisotopic (exact) mass is 454 g/mol. The second kappa shape index (κ2) is 9.87. The van der Waals surface area contributed by atoms with Crippen LogP contribution in [0.2, 0.25) is 0 Å². The quantitative estimate of drug-likeness (QED) is 0.433. The molecule has 1 aliphatic heterocycles. The first-order valence-electron chi connectivity index (χ1n) is 11.0. The van der Waals surface area contributed by atoms with Gasteiger partial charge in [-0.25, -0.2) is 14.6 Å². The lowest BCUT2D eigenvalue weighted by Crippen LogP contribution is -2.37. The Morgan fingerprint density at radius 1 is 1.16 bits per heavy atom. The molecular weight excluding hydrogens is 424 g/mol. The molecule has 0 radical (unpaired) electrons. The van der Waals surface area contributed by atoms with E-state index in [2.05, 4.69) is 35.2 Å². The zero-order chi connectivity index (χ0) is 22.7. The molecule has 4 rings (SSSR count). The predicted molar refractivity (Wildman–Crippen MR) is 128 cm³/mol. The van der Waals surface area contributed by atoms with Gasteiger partial charge in [-0.3, -0.25) is 4.79 Å². The molecule has 32 heavy (non-hydrogen) atoms. The minimum atomic E-state index is -0.0760. The van der Waals surface area contributed by atoms with Crippen LogP contribution in [-0.2, 0) is 11.3 Å². The van der Waals surface area contributed by atoms with Crippen molar-refractivity contribution in [1.29, 1.82) is 0 Å². The van der Waals surface area contributed by atoms with Crippen molar-refractivity contribution in [2.24, 2.45) is 0 Å². The van der Waals surface area contributed by atoms with Crippen LogP contribution in [0.15, 0.2) is 29.6 Å². The van der Waals surface area contributed by atoms with Gasteiger partial charge >= 0.3 is 0 Å². The summed E-state index contributed by atoms with van der Waals surface area (Å²) in [6.07, 6.45) is 1.83. The molecule has 170 valence electrons. The van der Waals surface area contributed by atoms with Crippen LogP contribution < -0.4 is 10.2 Å². The number of aryl methyl sites for hydroxylation is 2. The highest BCUT2D eigenvalue weighted by atomic mass is 32.2. The molecule has 2 aromatic heterocycles. The molecule has 1 aliphatic rings. The molecule has 0 aliphatic carbocycles. The first kappa shape index (κ1) is 22.5. The molecule has 1 fully saturated rings. The standard InChI is InChI=1S/C23H30N6O2S/c1-15(2)32-23-26-20(28-7-9-31-10-8-28)19-14-25-29(21(19)27-23)6-5-24-22(30)18-12-16(3)11-17(4)13-18/h11-15H,5-10H2,1-4H3,(H,24,30). The first-order valence-corrected chi connectivity index (χ1v) is 11.9. The Morgan fingerprint density at radius 3 is 2.56 bits per heavy atom. The molecule has 0 spiro atoms. The summed E-state index contributed by atoms with van der Waals surface area (Å²) in [5.74, 6) is 0.833. The minimum absolute atomic E-state index is 0.0760. The highest BCUT2D eigenvalue weighted by Gasteiger charge is 2.20. The normalized spacial score (nSPS) is 14.3. The van der Waals surface area contributed by atoms with Crippen LogP contribution in [0, 0.1) is 13.8 Å². The Balaban J connectivity index is 1.54. The second-order valence-electron chi connectivity index (χ2n) is 8.33. The van der Waals surface area contributed by atoms with E-state index < -0.39 is 0 Å². The highest BCUT2D eigenvalue weighted by Crippen LogP contribution is 2.29. The van der Waals surface area contributed by atoms with E-state index in [0.717, 1.165) is 46.2 Å². The predicted octanol–water partition coefficient (Wildman–Crippen LogP) is 3.21. The summed E-state index contributed by atoms with van der Waals surface area (Å²) in [6, 6.07) is 5.87. The van der Waals surface area contributed by atoms with Crippen LogP contribution in [0.5, 0.6) is 0 Å². The van der Waals surface area contributed by atoms with E-state index in [-0.39, 0.29) is 5.91 Å². The topological polar surface area (TPSA) is 85.2 Å². The third-order valence-electron chi connectivity index (χ3n) is 5.20. The molecule has 8 nitrogen and oxygen atoms in total. The Morgan fingerprint density at radius 2 is 1.88 bits per heavy atom. The summed E-state index contributed by atoms with van der Waals surface area (Å²) in [6.45, 7) is 12.2. The van der Waals surface area contributed by atoms with E-state index in [1.165, 1.54) is 0 Å². The van der Waals surface area contributed by atoms with E-state index in [9.17, 15) is 4.79 Å². The number of thioether (sulfide) groups is 1. The fourth-order valence-corrected chi connectivity index (χ4v) is 4.55. The van der Waals surface area contributed by atoms with E-state index in [0.29, 0.717) is 37.1 Å². The molecule has 0 saturated carbocycles. The van der Waals surface area contributed by atoms with Crippen molar-refractivity contribution in [2.75, 3.05) is 37.7 Å². The number of amides is 1. The lowest BCUT2D eigenvalue weighted by Gasteiger charge is -2.28. The van der Waals surface area contributed by atoms with Crippen molar-refractivity contribution in [3.8, 4) is 0 Å². The number of nitrogens with one attached hydrogen (secondary N) is 1. The van der Waals surface area contributed by atoms with Crippen LogP contribution in [0.1, 0.15) is 35.3 Å². The zero-order valence-corrected chi connectivity index (χ0v) is 19.9. The van der Waals surface area contributed by atoms with Gasteiger partial charge in [0.05, 0.1) is 31.3 Å². The lowest BCUT2D eigenvalue weighted by molar-refractivity contribution is 0.0952. The van der Waals surface area contributed by atoms with E-state index in [4.69, 9.17) is 14.7 Å². The Labute approximate surface area is 192 Å². The van der Waals surface area contributed by atoms with Gasteiger partial charge in [-0.1, -0.05) is 42.8 Å². The Hall–Kier alpha value is -2.65. The zero-order valence-electron chi connectivity index (χ0n) is 19.1. The van der Waals surface area contributed by atoms with E-state index in [1.807, 2.05) is 36.9 Å². The van der Waals surface area contributed by atoms with Crippen LogP contribution in [0.25, 0.3) is 11.0 Å². The number of rotatable bonds is 7. The maximum Gasteiger partial charge on any atom is 0.251 e.